The third-order valence-electron chi connectivity index (χ3n) is 1.09. The van der Waals surface area contributed by atoms with Crippen molar-refractivity contribution in [1.82, 2.24) is 0 Å². The molecule has 0 saturated heterocycles. The SMILES string of the molecule is C[O+]=C1C=CC(=N)C=C1.F[B-](F)(F)F. The van der Waals surface area contributed by atoms with Crippen molar-refractivity contribution in [3.05, 3.63) is 24.3 Å². The van der Waals surface area contributed by atoms with E-state index in [9.17, 15) is 17.3 Å². The summed E-state index contributed by atoms with van der Waals surface area (Å²) in [7, 11) is -4.39. The summed E-state index contributed by atoms with van der Waals surface area (Å²) in [6.07, 6.45) is 6.92. The van der Waals surface area contributed by atoms with Gasteiger partial charge in [-0.1, -0.05) is 0 Å². The number of hydrogen-bond donors (Lipinski definition) is 1. The van der Waals surface area contributed by atoms with Crippen LogP contribution >= 0.6 is 0 Å². The largest absolute Gasteiger partial charge is 0.673 e. The fourth-order valence-corrected chi connectivity index (χ4v) is 0.591. The van der Waals surface area contributed by atoms with Crippen LogP contribution in [0.3, 0.4) is 0 Å². The van der Waals surface area contributed by atoms with E-state index in [1.54, 1.807) is 31.4 Å². The highest BCUT2D eigenvalue weighted by Gasteiger charge is 2.20. The molecule has 1 rings (SSSR count). The van der Waals surface area contributed by atoms with Gasteiger partial charge in [0.25, 0.3) is 7.11 Å². The number of ketones is 1. The normalized spacial score (nSPS) is 14.9. The van der Waals surface area contributed by atoms with Gasteiger partial charge < -0.3 is 22.7 Å². The van der Waals surface area contributed by atoms with E-state index in [1.807, 2.05) is 0 Å². The minimum atomic E-state index is -6.00. The average molecular weight is 209 g/mol. The minimum Gasteiger partial charge on any atom is -0.418 e. The summed E-state index contributed by atoms with van der Waals surface area (Å²) < 4.78 is 43.9. The van der Waals surface area contributed by atoms with E-state index in [1.165, 1.54) is 0 Å². The quantitative estimate of drug-likeness (QED) is 0.274. The molecular formula is C7H8BF4NO. The van der Waals surface area contributed by atoms with E-state index in [0.29, 0.717) is 5.71 Å². The zero-order valence-electron chi connectivity index (χ0n) is 7.31. The number of halogens is 4. The van der Waals surface area contributed by atoms with Crippen LogP contribution in [-0.2, 0) is 4.42 Å². The van der Waals surface area contributed by atoms with Crippen molar-refractivity contribution in [2.45, 2.75) is 0 Å². The first-order valence-electron chi connectivity index (χ1n) is 3.56. The van der Waals surface area contributed by atoms with Gasteiger partial charge in [-0.25, -0.2) is 0 Å². The molecule has 0 aromatic heterocycles. The van der Waals surface area contributed by atoms with Gasteiger partial charge in [-0.2, -0.15) is 0 Å². The number of rotatable bonds is 0. The van der Waals surface area contributed by atoms with E-state index in [4.69, 9.17) is 9.83 Å². The predicted molar refractivity (Wildman–Crippen MR) is 47.1 cm³/mol. The molecular weight excluding hydrogens is 201 g/mol. The molecule has 7 heteroatoms. The number of carbonyl (C=O) groups excluding carboxylic acids is 1. The highest BCUT2D eigenvalue weighted by molar-refractivity contribution is 6.50. The molecule has 0 radical (unpaired) electrons. The van der Waals surface area contributed by atoms with Crippen molar-refractivity contribution < 1.29 is 21.7 Å². The van der Waals surface area contributed by atoms with Crippen molar-refractivity contribution in [2.75, 3.05) is 7.11 Å². The molecule has 0 aromatic rings. The third-order valence-corrected chi connectivity index (χ3v) is 1.09. The van der Waals surface area contributed by atoms with Crippen LogP contribution in [0.15, 0.2) is 24.3 Å². The molecule has 0 bridgehead atoms. The summed E-state index contributed by atoms with van der Waals surface area (Å²) in [6.45, 7) is 0. The Labute approximate surface area is 78.2 Å². The monoisotopic (exact) mass is 209 g/mol. The molecule has 0 aliphatic heterocycles. The Morgan fingerprint density at radius 2 is 1.43 bits per heavy atom. The first-order chi connectivity index (χ1) is 6.33. The molecule has 78 valence electrons. The van der Waals surface area contributed by atoms with E-state index in [-0.39, 0.29) is 0 Å². The van der Waals surface area contributed by atoms with Crippen molar-refractivity contribution in [1.29, 1.82) is 5.41 Å². The molecule has 0 fully saturated rings. The molecule has 0 unspecified atom stereocenters. The van der Waals surface area contributed by atoms with Gasteiger partial charge in [0, 0.05) is 12.2 Å². The van der Waals surface area contributed by atoms with Gasteiger partial charge in [-0.3, -0.25) is 4.42 Å². The summed E-state index contributed by atoms with van der Waals surface area (Å²) in [4.78, 5) is 0. The third kappa shape index (κ3) is 8.70. The van der Waals surface area contributed by atoms with Crippen LogP contribution in [-0.4, -0.2) is 25.9 Å². The van der Waals surface area contributed by atoms with Crippen LogP contribution in [0.4, 0.5) is 17.3 Å². The molecule has 1 aliphatic carbocycles. The van der Waals surface area contributed by atoms with Gasteiger partial charge in [0.15, 0.2) is 0 Å². The average Bonchev–Trinajstić information content (AvgIpc) is 2.03. The Hall–Kier alpha value is -1.40. The molecule has 1 aliphatic rings. The summed E-state index contributed by atoms with van der Waals surface area (Å²) in [5.74, 6) is 0.797. The predicted octanol–water partition coefficient (Wildman–Crippen LogP) is 2.17. The molecule has 0 spiro atoms. The fourth-order valence-electron chi connectivity index (χ4n) is 0.591. The summed E-state index contributed by atoms with van der Waals surface area (Å²) in [6, 6.07) is 0. The number of nitrogens with one attached hydrogen (secondary N) is 1. The van der Waals surface area contributed by atoms with E-state index < -0.39 is 7.25 Å². The Balaban J connectivity index is 0.000000292. The van der Waals surface area contributed by atoms with Gasteiger partial charge >= 0.3 is 13.0 Å². The van der Waals surface area contributed by atoms with Crippen molar-refractivity contribution in [3.8, 4) is 0 Å². The summed E-state index contributed by atoms with van der Waals surface area (Å²) in [5.41, 5.74) is 0.510. The molecule has 0 aromatic carbocycles. The Kier molecular flexibility index (Phi) is 4.83. The summed E-state index contributed by atoms with van der Waals surface area (Å²) in [5, 5.41) is 7.11. The topological polar surface area (TPSA) is 35.2 Å². The van der Waals surface area contributed by atoms with Crippen molar-refractivity contribution in [3.63, 3.8) is 0 Å². The molecule has 1 N–H and O–H groups in total. The fraction of sp³-hybridized carbons (Fsp3) is 0.143. The molecule has 0 amide bonds. The van der Waals surface area contributed by atoms with Crippen molar-refractivity contribution in [2.24, 2.45) is 0 Å². The lowest BCUT2D eigenvalue weighted by Crippen LogP contribution is -2.02. The maximum Gasteiger partial charge on any atom is 0.673 e. The van der Waals surface area contributed by atoms with Crippen LogP contribution in [0.25, 0.3) is 0 Å². The zero-order chi connectivity index (χ0) is 11.2. The van der Waals surface area contributed by atoms with Crippen LogP contribution < -0.4 is 0 Å². The lowest BCUT2D eigenvalue weighted by atomic mass is 10.2. The number of hydrogen-bond acceptors (Lipinski definition) is 1. The van der Waals surface area contributed by atoms with Crippen LogP contribution in [0.5, 0.6) is 0 Å². The molecule has 0 saturated carbocycles. The van der Waals surface area contributed by atoms with E-state index in [0.717, 1.165) is 5.78 Å². The Morgan fingerprint density at radius 3 is 1.71 bits per heavy atom. The van der Waals surface area contributed by atoms with Gasteiger partial charge in [-0.15, -0.1) is 0 Å². The van der Waals surface area contributed by atoms with E-state index in [2.05, 4.69) is 0 Å². The van der Waals surface area contributed by atoms with Gasteiger partial charge in [0.1, 0.15) is 0 Å². The maximum absolute atomic E-state index is 9.75. The molecule has 14 heavy (non-hydrogen) atoms. The first-order valence-corrected chi connectivity index (χ1v) is 3.56. The van der Waals surface area contributed by atoms with Crippen LogP contribution in [0, 0.1) is 5.41 Å². The summed E-state index contributed by atoms with van der Waals surface area (Å²) >= 11 is 0. The van der Waals surface area contributed by atoms with Crippen LogP contribution in [0.2, 0.25) is 0 Å². The highest BCUT2D eigenvalue weighted by atomic mass is 19.5. The first kappa shape index (κ1) is 12.6. The number of allylic oxidation sites excluding steroid dienone is 4. The Morgan fingerprint density at radius 1 is 1.07 bits per heavy atom. The molecule has 0 heterocycles. The molecule has 0 atom stereocenters. The Bertz CT molecular complexity index is 269. The van der Waals surface area contributed by atoms with Crippen LogP contribution in [0.1, 0.15) is 0 Å². The zero-order valence-corrected chi connectivity index (χ0v) is 7.31. The second-order valence-electron chi connectivity index (χ2n) is 2.22. The maximum atomic E-state index is 9.75. The minimum absolute atomic E-state index is 0.510. The van der Waals surface area contributed by atoms with E-state index >= 15 is 0 Å². The second kappa shape index (κ2) is 5.36. The van der Waals surface area contributed by atoms with Gasteiger partial charge in [0.05, 0.1) is 5.71 Å². The van der Waals surface area contributed by atoms with Crippen molar-refractivity contribution >= 4 is 18.7 Å². The second-order valence-corrected chi connectivity index (χ2v) is 2.22. The highest BCUT2D eigenvalue weighted by Crippen LogP contribution is 2.06. The smallest absolute Gasteiger partial charge is 0.418 e. The van der Waals surface area contributed by atoms with Gasteiger partial charge in [0.2, 0.25) is 0 Å². The van der Waals surface area contributed by atoms with Gasteiger partial charge in [-0.05, 0) is 12.2 Å². The molecule has 2 nitrogen and oxygen atoms in total. The lowest BCUT2D eigenvalue weighted by Gasteiger charge is -1.94. The standard InChI is InChI=1S/C7H8NO.BF4/c1-9-7-4-2-6(8)3-5-7;2-1(3,4)5/h2-5,8H,1H3;/q+1;-1. The lowest BCUT2D eigenvalue weighted by molar-refractivity contribution is -0.417.